The molecule has 1 rings (SSSR count). The Hall–Kier alpha value is -0.160. The number of nitrogens with one attached hydrogen (secondary N) is 1. The maximum Gasteiger partial charge on any atom is 0.0700 e. The van der Waals surface area contributed by atoms with Crippen molar-refractivity contribution in [3.05, 3.63) is 0 Å². The second kappa shape index (κ2) is 7.17. The summed E-state index contributed by atoms with van der Waals surface area (Å²) in [5.41, 5.74) is 5.86. The van der Waals surface area contributed by atoms with Crippen LogP contribution in [-0.4, -0.2) is 45.6 Å². The SMILES string of the molecule is COCCC(N)CNCC1CCCO1. The first kappa shape index (κ1) is 11.9. The van der Waals surface area contributed by atoms with Crippen LogP contribution in [0.25, 0.3) is 0 Å². The zero-order chi connectivity index (χ0) is 10.2. The van der Waals surface area contributed by atoms with E-state index < -0.39 is 0 Å². The van der Waals surface area contributed by atoms with Crippen LogP contribution in [0, 0.1) is 0 Å². The van der Waals surface area contributed by atoms with Crippen LogP contribution in [0.2, 0.25) is 0 Å². The molecule has 0 aromatic carbocycles. The minimum Gasteiger partial charge on any atom is -0.385 e. The quantitative estimate of drug-likeness (QED) is 0.615. The van der Waals surface area contributed by atoms with Crippen molar-refractivity contribution >= 4 is 0 Å². The molecule has 0 spiro atoms. The highest BCUT2D eigenvalue weighted by molar-refractivity contribution is 4.70. The summed E-state index contributed by atoms with van der Waals surface area (Å²) in [5, 5.41) is 3.33. The summed E-state index contributed by atoms with van der Waals surface area (Å²) < 4.78 is 10.4. The number of nitrogens with two attached hydrogens (primary N) is 1. The van der Waals surface area contributed by atoms with Gasteiger partial charge < -0.3 is 20.5 Å². The summed E-state index contributed by atoms with van der Waals surface area (Å²) in [4.78, 5) is 0. The topological polar surface area (TPSA) is 56.5 Å². The van der Waals surface area contributed by atoms with Crippen LogP contribution in [0.15, 0.2) is 0 Å². The maximum absolute atomic E-state index is 5.86. The molecule has 1 aliphatic rings. The average molecular weight is 202 g/mol. The van der Waals surface area contributed by atoms with Gasteiger partial charge in [-0.05, 0) is 19.3 Å². The number of methoxy groups -OCH3 is 1. The number of rotatable bonds is 7. The Morgan fingerprint density at radius 1 is 1.64 bits per heavy atom. The van der Waals surface area contributed by atoms with E-state index in [-0.39, 0.29) is 6.04 Å². The van der Waals surface area contributed by atoms with Crippen LogP contribution in [0.3, 0.4) is 0 Å². The van der Waals surface area contributed by atoms with Crippen molar-refractivity contribution in [3.63, 3.8) is 0 Å². The highest BCUT2D eigenvalue weighted by Gasteiger charge is 2.14. The van der Waals surface area contributed by atoms with Gasteiger partial charge in [0.05, 0.1) is 6.10 Å². The van der Waals surface area contributed by atoms with Gasteiger partial charge in [-0.3, -0.25) is 0 Å². The van der Waals surface area contributed by atoms with Gasteiger partial charge in [-0.25, -0.2) is 0 Å². The molecule has 0 saturated carbocycles. The van der Waals surface area contributed by atoms with Crippen molar-refractivity contribution in [3.8, 4) is 0 Å². The van der Waals surface area contributed by atoms with Crippen molar-refractivity contribution in [1.82, 2.24) is 5.32 Å². The molecule has 3 N–H and O–H groups in total. The number of hydrogen-bond donors (Lipinski definition) is 2. The zero-order valence-corrected chi connectivity index (χ0v) is 9.00. The van der Waals surface area contributed by atoms with Gasteiger partial charge in [0.15, 0.2) is 0 Å². The van der Waals surface area contributed by atoms with Gasteiger partial charge in [0.1, 0.15) is 0 Å². The fraction of sp³-hybridized carbons (Fsp3) is 1.00. The first-order valence-corrected chi connectivity index (χ1v) is 5.39. The van der Waals surface area contributed by atoms with E-state index in [9.17, 15) is 0 Å². The lowest BCUT2D eigenvalue weighted by Crippen LogP contribution is -2.38. The van der Waals surface area contributed by atoms with Crippen molar-refractivity contribution in [2.75, 3.05) is 33.4 Å². The molecule has 84 valence electrons. The maximum atomic E-state index is 5.86. The molecule has 4 heteroatoms. The summed E-state index contributed by atoms with van der Waals surface area (Å²) in [6, 6.07) is 0.191. The summed E-state index contributed by atoms with van der Waals surface area (Å²) in [5.74, 6) is 0. The van der Waals surface area contributed by atoms with E-state index in [4.69, 9.17) is 15.2 Å². The van der Waals surface area contributed by atoms with Gasteiger partial charge in [0, 0.05) is 39.5 Å². The lowest BCUT2D eigenvalue weighted by molar-refractivity contribution is 0.109. The van der Waals surface area contributed by atoms with Crippen LogP contribution < -0.4 is 11.1 Å². The Kier molecular flexibility index (Phi) is 6.10. The van der Waals surface area contributed by atoms with Gasteiger partial charge >= 0.3 is 0 Å². The van der Waals surface area contributed by atoms with E-state index in [0.717, 1.165) is 32.7 Å². The molecule has 14 heavy (non-hydrogen) atoms. The van der Waals surface area contributed by atoms with Crippen molar-refractivity contribution in [2.24, 2.45) is 5.73 Å². The van der Waals surface area contributed by atoms with Crippen LogP contribution in [0.5, 0.6) is 0 Å². The minimum absolute atomic E-state index is 0.191. The highest BCUT2D eigenvalue weighted by Crippen LogP contribution is 2.10. The van der Waals surface area contributed by atoms with Crippen LogP contribution in [0.1, 0.15) is 19.3 Å². The predicted molar refractivity (Wildman–Crippen MR) is 56.3 cm³/mol. The number of hydrogen-bond acceptors (Lipinski definition) is 4. The molecule has 1 heterocycles. The molecule has 0 aromatic rings. The van der Waals surface area contributed by atoms with E-state index in [2.05, 4.69) is 5.32 Å². The molecule has 0 amide bonds. The third-order valence-corrected chi connectivity index (χ3v) is 2.50. The Morgan fingerprint density at radius 2 is 2.50 bits per heavy atom. The monoisotopic (exact) mass is 202 g/mol. The first-order valence-electron chi connectivity index (χ1n) is 5.39. The molecule has 1 aliphatic heterocycles. The average Bonchev–Trinajstić information content (AvgIpc) is 2.67. The second-order valence-corrected chi connectivity index (χ2v) is 3.83. The normalized spacial score (nSPS) is 24.0. The standard InChI is InChI=1S/C10H22N2O2/c1-13-6-4-9(11)7-12-8-10-3-2-5-14-10/h9-10,12H,2-8,11H2,1H3. The summed E-state index contributed by atoms with van der Waals surface area (Å²) in [7, 11) is 1.70. The smallest absolute Gasteiger partial charge is 0.0700 e. The first-order chi connectivity index (χ1) is 6.83. The molecule has 0 aromatic heterocycles. The molecule has 1 fully saturated rings. The van der Waals surface area contributed by atoms with Crippen LogP contribution in [-0.2, 0) is 9.47 Å². The largest absolute Gasteiger partial charge is 0.385 e. The molecule has 4 nitrogen and oxygen atoms in total. The highest BCUT2D eigenvalue weighted by atomic mass is 16.5. The lowest BCUT2D eigenvalue weighted by atomic mass is 10.2. The van der Waals surface area contributed by atoms with E-state index in [1.807, 2.05) is 0 Å². The molecule has 0 bridgehead atoms. The molecule has 2 atom stereocenters. The van der Waals surface area contributed by atoms with Crippen molar-refractivity contribution in [1.29, 1.82) is 0 Å². The third kappa shape index (κ3) is 4.91. The number of ether oxygens (including phenoxy) is 2. The molecule has 0 radical (unpaired) electrons. The van der Waals surface area contributed by atoms with Crippen molar-refractivity contribution < 1.29 is 9.47 Å². The molecule has 0 aliphatic carbocycles. The Morgan fingerprint density at radius 3 is 3.14 bits per heavy atom. The summed E-state index contributed by atoms with van der Waals surface area (Å²) in [6.45, 7) is 3.44. The van der Waals surface area contributed by atoms with Crippen LogP contribution >= 0.6 is 0 Å². The zero-order valence-electron chi connectivity index (χ0n) is 9.00. The Balaban J connectivity index is 1.91. The molecular formula is C10H22N2O2. The van der Waals surface area contributed by atoms with E-state index in [0.29, 0.717) is 6.10 Å². The molecule has 1 saturated heterocycles. The predicted octanol–water partition coefficient (Wildman–Crippen LogP) is 0.119. The fourth-order valence-corrected chi connectivity index (χ4v) is 1.61. The van der Waals surface area contributed by atoms with Crippen molar-refractivity contribution in [2.45, 2.75) is 31.4 Å². The van der Waals surface area contributed by atoms with Gasteiger partial charge in [-0.2, -0.15) is 0 Å². The van der Waals surface area contributed by atoms with E-state index in [1.165, 1.54) is 12.8 Å². The minimum atomic E-state index is 0.191. The Bertz CT molecular complexity index is 138. The van der Waals surface area contributed by atoms with E-state index >= 15 is 0 Å². The summed E-state index contributed by atoms with van der Waals surface area (Å²) >= 11 is 0. The van der Waals surface area contributed by atoms with Crippen LogP contribution in [0.4, 0.5) is 0 Å². The second-order valence-electron chi connectivity index (χ2n) is 3.83. The van der Waals surface area contributed by atoms with Gasteiger partial charge in [-0.1, -0.05) is 0 Å². The molecule has 2 unspecified atom stereocenters. The Labute approximate surface area is 86.1 Å². The van der Waals surface area contributed by atoms with Gasteiger partial charge in [0.2, 0.25) is 0 Å². The van der Waals surface area contributed by atoms with Gasteiger partial charge in [0.25, 0.3) is 0 Å². The third-order valence-electron chi connectivity index (χ3n) is 2.50. The lowest BCUT2D eigenvalue weighted by Gasteiger charge is -2.14. The van der Waals surface area contributed by atoms with E-state index in [1.54, 1.807) is 7.11 Å². The van der Waals surface area contributed by atoms with Gasteiger partial charge in [-0.15, -0.1) is 0 Å². The summed E-state index contributed by atoms with van der Waals surface area (Å²) in [6.07, 6.45) is 3.70. The molecular weight excluding hydrogens is 180 g/mol. The fourth-order valence-electron chi connectivity index (χ4n) is 1.61.